The minimum atomic E-state index is -0.246. The van der Waals surface area contributed by atoms with Crippen LogP contribution in [0.5, 0.6) is 0 Å². The Balaban J connectivity index is 1.72. The summed E-state index contributed by atoms with van der Waals surface area (Å²) in [7, 11) is 1.67. The number of para-hydroxylation sites is 1. The van der Waals surface area contributed by atoms with E-state index < -0.39 is 0 Å². The highest BCUT2D eigenvalue weighted by molar-refractivity contribution is 7.11. The average Bonchev–Trinajstić information content (AvgIpc) is 2.82. The quantitative estimate of drug-likeness (QED) is 0.841. The molecule has 0 spiro atoms. The zero-order chi connectivity index (χ0) is 16.6. The van der Waals surface area contributed by atoms with E-state index in [1.807, 2.05) is 4.90 Å². The number of benzene rings is 1. The SMILES string of the molecule is Cc1c(C(=O)N2CCN(c3ccccc3F)CC2)sc(=O)n1C. The highest BCUT2D eigenvalue weighted by Gasteiger charge is 2.26. The molecule has 0 atom stereocenters. The van der Waals surface area contributed by atoms with Gasteiger partial charge in [0.2, 0.25) is 0 Å². The fourth-order valence-electron chi connectivity index (χ4n) is 2.72. The third-order valence-electron chi connectivity index (χ3n) is 4.25. The molecule has 5 nitrogen and oxygen atoms in total. The summed E-state index contributed by atoms with van der Waals surface area (Å²) in [6.45, 7) is 3.96. The van der Waals surface area contributed by atoms with Crippen molar-refractivity contribution in [3.8, 4) is 0 Å². The van der Waals surface area contributed by atoms with Crippen LogP contribution in [0.4, 0.5) is 10.1 Å². The summed E-state index contributed by atoms with van der Waals surface area (Å²) in [6.07, 6.45) is 0. The highest BCUT2D eigenvalue weighted by atomic mass is 32.1. The second kappa shape index (κ2) is 6.16. The smallest absolute Gasteiger partial charge is 0.307 e. The summed E-state index contributed by atoms with van der Waals surface area (Å²) in [6, 6.07) is 6.66. The minimum Gasteiger partial charge on any atom is -0.366 e. The van der Waals surface area contributed by atoms with E-state index in [-0.39, 0.29) is 16.6 Å². The van der Waals surface area contributed by atoms with Gasteiger partial charge in [0.25, 0.3) is 5.91 Å². The number of piperazine rings is 1. The first-order valence-electron chi connectivity index (χ1n) is 7.44. The van der Waals surface area contributed by atoms with Crippen LogP contribution in [-0.2, 0) is 7.05 Å². The molecule has 1 aromatic carbocycles. The molecule has 1 amide bonds. The van der Waals surface area contributed by atoms with Crippen molar-refractivity contribution in [2.45, 2.75) is 6.92 Å². The van der Waals surface area contributed by atoms with E-state index in [9.17, 15) is 14.0 Å². The number of amides is 1. The minimum absolute atomic E-state index is 0.113. The zero-order valence-corrected chi connectivity index (χ0v) is 13.9. The van der Waals surface area contributed by atoms with Crippen LogP contribution in [0.15, 0.2) is 29.1 Å². The van der Waals surface area contributed by atoms with Gasteiger partial charge in [-0.15, -0.1) is 0 Å². The van der Waals surface area contributed by atoms with Crippen LogP contribution in [0.1, 0.15) is 15.4 Å². The lowest BCUT2D eigenvalue weighted by Crippen LogP contribution is -2.49. The third-order valence-corrected chi connectivity index (χ3v) is 5.37. The van der Waals surface area contributed by atoms with Gasteiger partial charge < -0.3 is 14.4 Å². The maximum absolute atomic E-state index is 13.8. The van der Waals surface area contributed by atoms with E-state index in [0.717, 1.165) is 11.3 Å². The van der Waals surface area contributed by atoms with Gasteiger partial charge in [0.05, 0.1) is 5.69 Å². The summed E-state index contributed by atoms with van der Waals surface area (Å²) >= 11 is 0.985. The second-order valence-corrected chi connectivity index (χ2v) is 6.53. The zero-order valence-electron chi connectivity index (χ0n) is 13.1. The Labute approximate surface area is 137 Å². The number of nitrogens with zero attached hydrogens (tertiary/aromatic N) is 3. The van der Waals surface area contributed by atoms with E-state index in [0.29, 0.717) is 42.4 Å². The Morgan fingerprint density at radius 1 is 1.17 bits per heavy atom. The lowest BCUT2D eigenvalue weighted by molar-refractivity contribution is 0.0750. The first-order valence-corrected chi connectivity index (χ1v) is 8.26. The van der Waals surface area contributed by atoms with Gasteiger partial charge in [-0.2, -0.15) is 0 Å². The van der Waals surface area contributed by atoms with Gasteiger partial charge in [0, 0.05) is 38.9 Å². The third kappa shape index (κ3) is 2.88. The number of hydrogen-bond donors (Lipinski definition) is 0. The molecule has 0 bridgehead atoms. The topological polar surface area (TPSA) is 45.6 Å². The maximum Gasteiger partial charge on any atom is 0.307 e. The molecule has 3 rings (SSSR count). The van der Waals surface area contributed by atoms with Gasteiger partial charge in [0.1, 0.15) is 10.7 Å². The number of anilines is 1. The van der Waals surface area contributed by atoms with Crippen LogP contribution in [0, 0.1) is 12.7 Å². The first kappa shape index (κ1) is 15.7. The number of carbonyl (C=O) groups excluding carboxylic acids is 1. The van der Waals surface area contributed by atoms with Crippen LogP contribution in [0.3, 0.4) is 0 Å². The lowest BCUT2D eigenvalue weighted by atomic mass is 10.2. The highest BCUT2D eigenvalue weighted by Crippen LogP contribution is 2.21. The molecule has 1 saturated heterocycles. The largest absolute Gasteiger partial charge is 0.366 e. The fourth-order valence-corrected chi connectivity index (χ4v) is 3.67. The van der Waals surface area contributed by atoms with Crippen LogP contribution < -0.4 is 9.77 Å². The molecular formula is C16H18FN3O2S. The van der Waals surface area contributed by atoms with Crippen molar-refractivity contribution in [2.24, 2.45) is 7.05 Å². The van der Waals surface area contributed by atoms with Crippen molar-refractivity contribution in [3.63, 3.8) is 0 Å². The lowest BCUT2D eigenvalue weighted by Gasteiger charge is -2.36. The van der Waals surface area contributed by atoms with Crippen LogP contribution in [0.25, 0.3) is 0 Å². The predicted octanol–water partition coefficient (Wildman–Crippen LogP) is 1.86. The normalized spacial score (nSPS) is 15.1. The van der Waals surface area contributed by atoms with Crippen LogP contribution >= 0.6 is 11.3 Å². The number of thiazole rings is 1. The molecule has 122 valence electrons. The van der Waals surface area contributed by atoms with E-state index in [4.69, 9.17) is 0 Å². The molecule has 1 fully saturated rings. The Morgan fingerprint density at radius 2 is 1.83 bits per heavy atom. The molecule has 23 heavy (non-hydrogen) atoms. The van der Waals surface area contributed by atoms with E-state index in [2.05, 4.69) is 0 Å². The molecule has 2 aromatic rings. The van der Waals surface area contributed by atoms with Gasteiger partial charge in [-0.1, -0.05) is 23.5 Å². The molecule has 0 saturated carbocycles. The predicted molar refractivity (Wildman–Crippen MR) is 88.8 cm³/mol. The van der Waals surface area contributed by atoms with E-state index in [1.54, 1.807) is 37.1 Å². The van der Waals surface area contributed by atoms with Crippen molar-refractivity contribution >= 4 is 22.9 Å². The van der Waals surface area contributed by atoms with Crippen molar-refractivity contribution in [1.82, 2.24) is 9.47 Å². The average molecular weight is 335 g/mol. The van der Waals surface area contributed by atoms with Crippen molar-refractivity contribution in [2.75, 3.05) is 31.1 Å². The van der Waals surface area contributed by atoms with Crippen molar-refractivity contribution < 1.29 is 9.18 Å². The molecule has 2 heterocycles. The Kier molecular flexibility index (Phi) is 4.21. The number of carbonyl (C=O) groups is 1. The van der Waals surface area contributed by atoms with E-state index in [1.165, 1.54) is 10.6 Å². The summed E-state index contributed by atoms with van der Waals surface area (Å²) in [5.41, 5.74) is 1.27. The van der Waals surface area contributed by atoms with Gasteiger partial charge in [-0.05, 0) is 19.1 Å². The Bertz CT molecular complexity index is 791. The summed E-state index contributed by atoms with van der Waals surface area (Å²) in [5, 5.41) is 0. The number of halogens is 1. The Hall–Kier alpha value is -2.15. The van der Waals surface area contributed by atoms with Gasteiger partial charge in [-0.3, -0.25) is 9.59 Å². The van der Waals surface area contributed by atoms with Crippen molar-refractivity contribution in [1.29, 1.82) is 0 Å². The second-order valence-electron chi connectivity index (χ2n) is 5.57. The molecule has 1 aromatic heterocycles. The number of hydrogen-bond acceptors (Lipinski definition) is 4. The molecule has 1 aliphatic heterocycles. The van der Waals surface area contributed by atoms with Gasteiger partial charge in [-0.25, -0.2) is 4.39 Å². The molecule has 0 N–H and O–H groups in total. The standard InChI is InChI=1S/C16H18FN3O2S/c1-11-14(23-16(22)18(11)2)15(21)20-9-7-19(8-10-20)13-6-4-3-5-12(13)17/h3-6H,7-10H2,1-2H3. The van der Waals surface area contributed by atoms with Crippen molar-refractivity contribution in [3.05, 3.63) is 50.3 Å². The molecular weight excluding hydrogens is 317 g/mol. The number of rotatable bonds is 2. The molecule has 1 aliphatic rings. The monoisotopic (exact) mass is 335 g/mol. The molecule has 0 unspecified atom stereocenters. The maximum atomic E-state index is 13.8. The molecule has 7 heteroatoms. The van der Waals surface area contributed by atoms with Crippen LogP contribution in [-0.4, -0.2) is 41.6 Å². The number of aromatic nitrogens is 1. The Morgan fingerprint density at radius 3 is 2.39 bits per heavy atom. The van der Waals surface area contributed by atoms with E-state index >= 15 is 0 Å². The molecule has 0 radical (unpaired) electrons. The fraction of sp³-hybridized carbons (Fsp3) is 0.375. The molecule has 0 aliphatic carbocycles. The van der Waals surface area contributed by atoms with Crippen LogP contribution in [0.2, 0.25) is 0 Å². The summed E-state index contributed by atoms with van der Waals surface area (Å²) < 4.78 is 15.3. The summed E-state index contributed by atoms with van der Waals surface area (Å²) in [5.74, 6) is -0.359. The van der Waals surface area contributed by atoms with Gasteiger partial charge in [0.15, 0.2) is 0 Å². The first-order chi connectivity index (χ1) is 11.0. The van der Waals surface area contributed by atoms with Gasteiger partial charge >= 0.3 is 4.87 Å². The summed E-state index contributed by atoms with van der Waals surface area (Å²) in [4.78, 5) is 28.3.